The molecule has 0 unspecified atom stereocenters. The van der Waals surface area contributed by atoms with Gasteiger partial charge >= 0.3 is 5.51 Å². The van der Waals surface area contributed by atoms with Crippen molar-refractivity contribution < 1.29 is 17.6 Å². The first-order valence-corrected chi connectivity index (χ1v) is 9.09. The zero-order valence-corrected chi connectivity index (χ0v) is 15.0. The first kappa shape index (κ1) is 18.0. The van der Waals surface area contributed by atoms with Crippen LogP contribution in [0.1, 0.15) is 30.5 Å². The number of aromatic nitrogens is 4. The van der Waals surface area contributed by atoms with E-state index in [4.69, 9.17) is 0 Å². The highest BCUT2D eigenvalue weighted by Crippen LogP contribution is 2.46. The van der Waals surface area contributed by atoms with E-state index in [9.17, 15) is 17.6 Å². The van der Waals surface area contributed by atoms with Crippen LogP contribution in [0, 0.1) is 12.7 Å². The fourth-order valence-electron chi connectivity index (χ4n) is 3.29. The summed E-state index contributed by atoms with van der Waals surface area (Å²) in [5.74, 6) is 0.221. The number of alkyl halides is 3. The first-order valence-electron chi connectivity index (χ1n) is 8.27. The number of rotatable bonds is 4. The van der Waals surface area contributed by atoms with Crippen molar-refractivity contribution in [3.8, 4) is 0 Å². The third kappa shape index (κ3) is 3.45. The van der Waals surface area contributed by atoms with E-state index in [1.807, 2.05) is 13.0 Å². The van der Waals surface area contributed by atoms with Gasteiger partial charge in [0.15, 0.2) is 0 Å². The van der Waals surface area contributed by atoms with Crippen LogP contribution in [0.25, 0.3) is 5.78 Å². The fourth-order valence-corrected chi connectivity index (χ4v) is 3.83. The van der Waals surface area contributed by atoms with Gasteiger partial charge in [0.1, 0.15) is 18.0 Å². The van der Waals surface area contributed by atoms with Crippen molar-refractivity contribution in [3.63, 3.8) is 0 Å². The molecule has 0 bridgehead atoms. The van der Waals surface area contributed by atoms with Crippen molar-refractivity contribution >= 4 is 23.4 Å². The van der Waals surface area contributed by atoms with Gasteiger partial charge in [0.2, 0.25) is 0 Å². The molecule has 0 atom stereocenters. The summed E-state index contributed by atoms with van der Waals surface area (Å²) >= 11 is -0.445. The topological polar surface area (TPSA) is 55.1 Å². The second kappa shape index (κ2) is 6.36. The van der Waals surface area contributed by atoms with Gasteiger partial charge in [-0.15, -0.1) is 0 Å². The summed E-state index contributed by atoms with van der Waals surface area (Å²) in [7, 11) is 0. The minimum Gasteiger partial charge on any atom is -0.360 e. The van der Waals surface area contributed by atoms with Gasteiger partial charge in [-0.25, -0.2) is 9.37 Å². The van der Waals surface area contributed by atoms with E-state index in [2.05, 4.69) is 20.4 Å². The highest BCUT2D eigenvalue weighted by atomic mass is 32.2. The van der Waals surface area contributed by atoms with Crippen molar-refractivity contribution in [3.05, 3.63) is 47.7 Å². The van der Waals surface area contributed by atoms with Crippen LogP contribution in [-0.4, -0.2) is 25.1 Å². The predicted octanol–water partition coefficient (Wildman–Crippen LogP) is 4.68. The quantitative estimate of drug-likeness (QED) is 0.512. The van der Waals surface area contributed by atoms with Crippen LogP contribution in [0.4, 0.5) is 23.4 Å². The van der Waals surface area contributed by atoms with Crippen LogP contribution >= 0.6 is 11.8 Å². The predicted molar refractivity (Wildman–Crippen MR) is 93.0 cm³/mol. The summed E-state index contributed by atoms with van der Waals surface area (Å²) in [4.78, 5) is 7.93. The summed E-state index contributed by atoms with van der Waals surface area (Å²) in [5.41, 5.74) is -3.73. The van der Waals surface area contributed by atoms with Crippen molar-refractivity contribution in [2.75, 3.05) is 5.32 Å². The van der Waals surface area contributed by atoms with Gasteiger partial charge < -0.3 is 5.32 Å². The Morgan fingerprint density at radius 1 is 1.22 bits per heavy atom. The maximum atomic E-state index is 14.3. The number of hydrogen-bond acceptors (Lipinski definition) is 5. The normalized spacial score (nSPS) is 16.3. The maximum Gasteiger partial charge on any atom is 0.446 e. The van der Waals surface area contributed by atoms with Gasteiger partial charge in [-0.3, -0.25) is 0 Å². The lowest BCUT2D eigenvalue weighted by Crippen LogP contribution is -2.42. The first-order chi connectivity index (χ1) is 12.8. The molecule has 2 heterocycles. The fraction of sp³-hybridized carbons (Fsp3) is 0.353. The third-order valence-corrected chi connectivity index (χ3v) is 5.45. The van der Waals surface area contributed by atoms with Crippen LogP contribution in [0.15, 0.2) is 35.5 Å². The molecule has 5 nitrogen and oxygen atoms in total. The highest BCUT2D eigenvalue weighted by Gasteiger charge is 2.40. The van der Waals surface area contributed by atoms with E-state index in [0.717, 1.165) is 25.0 Å². The van der Waals surface area contributed by atoms with E-state index in [0.29, 0.717) is 17.2 Å². The van der Waals surface area contributed by atoms with Gasteiger partial charge in [0, 0.05) is 11.8 Å². The average Bonchev–Trinajstić information content (AvgIpc) is 3.00. The van der Waals surface area contributed by atoms with Gasteiger partial charge in [-0.05, 0) is 55.6 Å². The lowest BCUT2D eigenvalue weighted by Gasteiger charge is -2.44. The number of nitrogens with one attached hydrogen (secondary N) is 1. The Bertz CT molecular complexity index is 997. The number of thioether (sulfide) groups is 1. The molecular weight excluding hydrogens is 382 g/mol. The molecule has 10 heteroatoms. The lowest BCUT2D eigenvalue weighted by molar-refractivity contribution is -0.0329. The van der Waals surface area contributed by atoms with Crippen molar-refractivity contribution in [2.45, 2.75) is 42.1 Å². The zero-order chi connectivity index (χ0) is 19.2. The highest BCUT2D eigenvalue weighted by molar-refractivity contribution is 8.00. The Morgan fingerprint density at radius 2 is 2.00 bits per heavy atom. The van der Waals surface area contributed by atoms with Crippen molar-refractivity contribution in [1.29, 1.82) is 0 Å². The molecule has 3 aromatic rings. The summed E-state index contributed by atoms with van der Waals surface area (Å²) in [5, 5.41) is 7.54. The van der Waals surface area contributed by atoms with Crippen molar-refractivity contribution in [1.82, 2.24) is 19.6 Å². The van der Waals surface area contributed by atoms with Crippen LogP contribution < -0.4 is 5.32 Å². The number of benzene rings is 1. The van der Waals surface area contributed by atoms with Crippen LogP contribution in [0.5, 0.6) is 0 Å². The van der Waals surface area contributed by atoms with Crippen LogP contribution in [-0.2, 0) is 5.54 Å². The van der Waals surface area contributed by atoms with Gasteiger partial charge in [0.05, 0.1) is 10.4 Å². The number of fused-ring (bicyclic) bond motifs is 1. The molecule has 0 amide bonds. The molecule has 1 aliphatic carbocycles. The smallest absolute Gasteiger partial charge is 0.360 e. The number of halogens is 4. The second-order valence-electron chi connectivity index (χ2n) is 6.51. The molecule has 1 saturated carbocycles. The Kier molecular flexibility index (Phi) is 4.25. The van der Waals surface area contributed by atoms with Crippen molar-refractivity contribution in [2.24, 2.45) is 0 Å². The summed E-state index contributed by atoms with van der Waals surface area (Å²) in [6, 6.07) is 5.74. The molecule has 0 radical (unpaired) electrons. The molecule has 4 rings (SSSR count). The summed E-state index contributed by atoms with van der Waals surface area (Å²) < 4.78 is 53.5. The Labute approximate surface area is 156 Å². The molecule has 1 aliphatic rings. The van der Waals surface area contributed by atoms with E-state index in [1.54, 1.807) is 10.6 Å². The van der Waals surface area contributed by atoms with Gasteiger partial charge in [0.25, 0.3) is 5.78 Å². The molecular formula is C17H15F4N5S. The minimum atomic E-state index is -4.53. The molecule has 142 valence electrons. The summed E-state index contributed by atoms with van der Waals surface area (Å²) in [6.45, 7) is 1.83. The lowest BCUT2D eigenvalue weighted by atomic mass is 9.71. The SMILES string of the molecule is Cc1cc(NC2(c3ccc(SC(F)(F)F)c(F)c3)CCC2)n2ncnc2n1. The number of anilines is 1. The molecule has 0 aliphatic heterocycles. The monoisotopic (exact) mass is 397 g/mol. The van der Waals surface area contributed by atoms with Crippen LogP contribution in [0.3, 0.4) is 0 Å². The third-order valence-electron chi connectivity index (χ3n) is 4.66. The maximum absolute atomic E-state index is 14.3. The second-order valence-corrected chi connectivity index (χ2v) is 7.62. The van der Waals surface area contributed by atoms with E-state index < -0.39 is 33.5 Å². The number of nitrogens with zero attached hydrogens (tertiary/aromatic N) is 4. The molecule has 1 fully saturated rings. The molecule has 2 aromatic heterocycles. The Morgan fingerprint density at radius 3 is 2.63 bits per heavy atom. The largest absolute Gasteiger partial charge is 0.446 e. The molecule has 27 heavy (non-hydrogen) atoms. The Balaban J connectivity index is 1.68. The van der Waals surface area contributed by atoms with Gasteiger partial charge in [-0.1, -0.05) is 6.07 Å². The molecule has 0 spiro atoms. The molecule has 0 saturated heterocycles. The number of aryl methyl sites for hydroxylation is 1. The average molecular weight is 397 g/mol. The molecule has 1 N–H and O–H groups in total. The van der Waals surface area contributed by atoms with E-state index in [1.165, 1.54) is 18.5 Å². The standard InChI is InChI=1S/C17H15F4N5S/c1-10-7-14(26-15(24-10)22-9-23-26)25-16(5-2-6-16)11-3-4-13(12(18)8-11)27-17(19,20)21/h3-4,7-9,25H,2,5-6H2,1H3. The number of hydrogen-bond donors (Lipinski definition) is 1. The Hall–Kier alpha value is -2.36. The summed E-state index contributed by atoms with van der Waals surface area (Å²) in [6.07, 6.45) is 3.78. The minimum absolute atomic E-state index is 0.431. The van der Waals surface area contributed by atoms with Crippen LogP contribution in [0.2, 0.25) is 0 Å². The zero-order valence-electron chi connectivity index (χ0n) is 14.2. The van der Waals surface area contributed by atoms with Gasteiger partial charge in [-0.2, -0.15) is 27.8 Å². The van der Waals surface area contributed by atoms with E-state index in [-0.39, 0.29) is 0 Å². The van der Waals surface area contributed by atoms with E-state index >= 15 is 0 Å². The molecule has 1 aromatic carbocycles.